The first kappa shape index (κ1) is 13.6. The molecule has 1 N–H and O–H groups in total. The maximum atomic E-state index is 10.6. The standard InChI is InChI=1S/C20H15ClO/c21-17-8-5-13(6-9-17)20(22)15-7-10-19-16(12-15)11-14-3-1-2-4-18(14)19/h1-10,12,20,22H,11H2/t20-/m1/s1. The molecule has 4 rings (SSSR count). The molecule has 2 heteroatoms. The fourth-order valence-electron chi connectivity index (χ4n) is 3.17. The summed E-state index contributed by atoms with van der Waals surface area (Å²) in [5.74, 6) is 0. The minimum absolute atomic E-state index is 0.619. The van der Waals surface area contributed by atoms with Crippen LogP contribution in [0.5, 0.6) is 0 Å². The van der Waals surface area contributed by atoms with Crippen molar-refractivity contribution < 1.29 is 5.11 Å². The molecule has 0 amide bonds. The van der Waals surface area contributed by atoms with Gasteiger partial charge in [-0.2, -0.15) is 0 Å². The van der Waals surface area contributed by atoms with Gasteiger partial charge in [0.15, 0.2) is 0 Å². The molecule has 0 spiro atoms. The first-order valence-electron chi connectivity index (χ1n) is 7.37. The number of halogens is 1. The molecule has 3 aromatic rings. The highest BCUT2D eigenvalue weighted by molar-refractivity contribution is 6.30. The Kier molecular flexibility index (Phi) is 3.25. The molecule has 0 fully saturated rings. The van der Waals surface area contributed by atoms with Crippen LogP contribution in [0.3, 0.4) is 0 Å². The molecular formula is C20H15ClO. The second-order valence-corrected chi connectivity index (χ2v) is 6.14. The Hall–Kier alpha value is -2.09. The molecule has 108 valence electrons. The quantitative estimate of drug-likeness (QED) is 0.553. The van der Waals surface area contributed by atoms with Gasteiger partial charge in [0.2, 0.25) is 0 Å². The van der Waals surface area contributed by atoms with Gasteiger partial charge in [-0.15, -0.1) is 0 Å². The van der Waals surface area contributed by atoms with Crippen LogP contribution < -0.4 is 0 Å². The summed E-state index contributed by atoms with van der Waals surface area (Å²) < 4.78 is 0. The lowest BCUT2D eigenvalue weighted by atomic mass is 9.97. The van der Waals surface area contributed by atoms with Crippen LogP contribution in [0.1, 0.15) is 28.4 Å². The molecule has 0 saturated carbocycles. The van der Waals surface area contributed by atoms with Gasteiger partial charge in [-0.1, -0.05) is 66.2 Å². The number of hydrogen-bond acceptors (Lipinski definition) is 1. The lowest BCUT2D eigenvalue weighted by Gasteiger charge is -2.13. The van der Waals surface area contributed by atoms with Crippen LogP contribution in [0, 0.1) is 0 Å². The third-order valence-corrected chi connectivity index (χ3v) is 4.57. The molecule has 0 unspecified atom stereocenters. The van der Waals surface area contributed by atoms with Crippen molar-refractivity contribution in [3.05, 3.63) is 94.0 Å². The summed E-state index contributed by atoms with van der Waals surface area (Å²) >= 11 is 5.91. The van der Waals surface area contributed by atoms with Crippen LogP contribution in [0.2, 0.25) is 5.02 Å². The fraction of sp³-hybridized carbons (Fsp3) is 0.100. The summed E-state index contributed by atoms with van der Waals surface area (Å²) in [6.07, 6.45) is 0.318. The van der Waals surface area contributed by atoms with E-state index in [1.165, 1.54) is 22.3 Å². The predicted molar refractivity (Wildman–Crippen MR) is 90.2 cm³/mol. The molecule has 22 heavy (non-hydrogen) atoms. The topological polar surface area (TPSA) is 20.2 Å². The Bertz CT molecular complexity index is 837. The molecule has 0 bridgehead atoms. The average Bonchev–Trinajstić information content (AvgIpc) is 2.92. The van der Waals surface area contributed by atoms with Crippen molar-refractivity contribution in [2.75, 3.05) is 0 Å². The lowest BCUT2D eigenvalue weighted by molar-refractivity contribution is 0.220. The molecule has 1 atom stereocenters. The summed E-state index contributed by atoms with van der Waals surface area (Å²) in [5, 5.41) is 11.3. The first-order valence-corrected chi connectivity index (χ1v) is 7.75. The second kappa shape index (κ2) is 5.28. The van der Waals surface area contributed by atoms with E-state index in [0.29, 0.717) is 5.02 Å². The number of aliphatic hydroxyl groups is 1. The van der Waals surface area contributed by atoms with Gasteiger partial charge in [-0.05, 0) is 51.9 Å². The number of hydrogen-bond donors (Lipinski definition) is 1. The molecule has 1 aliphatic rings. The van der Waals surface area contributed by atoms with Gasteiger partial charge in [0.25, 0.3) is 0 Å². The third kappa shape index (κ3) is 2.23. The SMILES string of the molecule is O[C@H](c1ccc(Cl)cc1)c1ccc2c(c1)Cc1ccccc1-2. The summed E-state index contributed by atoms with van der Waals surface area (Å²) in [6.45, 7) is 0. The van der Waals surface area contributed by atoms with Gasteiger partial charge in [-0.25, -0.2) is 0 Å². The first-order chi connectivity index (χ1) is 10.7. The van der Waals surface area contributed by atoms with E-state index in [1.807, 2.05) is 30.3 Å². The smallest absolute Gasteiger partial charge is 0.104 e. The molecule has 0 saturated heterocycles. The molecule has 3 aromatic carbocycles. The van der Waals surface area contributed by atoms with Crippen LogP contribution >= 0.6 is 11.6 Å². The molecular weight excluding hydrogens is 292 g/mol. The monoisotopic (exact) mass is 306 g/mol. The van der Waals surface area contributed by atoms with E-state index in [-0.39, 0.29) is 0 Å². The van der Waals surface area contributed by atoms with Gasteiger partial charge < -0.3 is 5.11 Å². The predicted octanol–water partition coefficient (Wildman–Crippen LogP) is 4.99. The van der Waals surface area contributed by atoms with E-state index in [2.05, 4.69) is 36.4 Å². The molecule has 0 aromatic heterocycles. The number of aliphatic hydroxyl groups excluding tert-OH is 1. The summed E-state index contributed by atoms with van der Waals surface area (Å²) in [5.41, 5.74) is 7.02. The van der Waals surface area contributed by atoms with Crippen molar-refractivity contribution >= 4 is 11.6 Å². The Morgan fingerprint density at radius 1 is 0.773 bits per heavy atom. The van der Waals surface area contributed by atoms with Crippen LogP contribution in [0.4, 0.5) is 0 Å². The van der Waals surface area contributed by atoms with E-state index in [4.69, 9.17) is 11.6 Å². The lowest BCUT2D eigenvalue weighted by Crippen LogP contribution is -2.00. The van der Waals surface area contributed by atoms with E-state index in [0.717, 1.165) is 17.5 Å². The summed E-state index contributed by atoms with van der Waals surface area (Å²) in [7, 11) is 0. The van der Waals surface area contributed by atoms with Gasteiger partial charge in [0.05, 0.1) is 0 Å². The van der Waals surface area contributed by atoms with E-state index >= 15 is 0 Å². The zero-order valence-corrected chi connectivity index (χ0v) is 12.7. The van der Waals surface area contributed by atoms with Crippen molar-refractivity contribution in [2.24, 2.45) is 0 Å². The highest BCUT2D eigenvalue weighted by atomic mass is 35.5. The highest BCUT2D eigenvalue weighted by Crippen LogP contribution is 2.38. The van der Waals surface area contributed by atoms with E-state index in [1.54, 1.807) is 0 Å². The molecule has 0 radical (unpaired) electrons. The van der Waals surface area contributed by atoms with E-state index < -0.39 is 6.10 Å². The highest BCUT2D eigenvalue weighted by Gasteiger charge is 2.20. The maximum absolute atomic E-state index is 10.6. The van der Waals surface area contributed by atoms with Crippen LogP contribution in [-0.4, -0.2) is 5.11 Å². The molecule has 0 aliphatic heterocycles. The number of rotatable bonds is 2. The molecule has 0 heterocycles. The Morgan fingerprint density at radius 3 is 2.27 bits per heavy atom. The zero-order chi connectivity index (χ0) is 15.1. The van der Waals surface area contributed by atoms with Crippen molar-refractivity contribution in [2.45, 2.75) is 12.5 Å². The van der Waals surface area contributed by atoms with Gasteiger partial charge in [0, 0.05) is 5.02 Å². The van der Waals surface area contributed by atoms with Crippen molar-refractivity contribution in [1.82, 2.24) is 0 Å². The number of benzene rings is 3. The molecule has 1 nitrogen and oxygen atoms in total. The Morgan fingerprint density at radius 2 is 1.45 bits per heavy atom. The average molecular weight is 307 g/mol. The van der Waals surface area contributed by atoms with Crippen molar-refractivity contribution in [1.29, 1.82) is 0 Å². The zero-order valence-electron chi connectivity index (χ0n) is 12.0. The minimum Gasteiger partial charge on any atom is -0.384 e. The van der Waals surface area contributed by atoms with Crippen LogP contribution in [0.15, 0.2) is 66.7 Å². The van der Waals surface area contributed by atoms with Gasteiger partial charge in [0.1, 0.15) is 6.10 Å². The second-order valence-electron chi connectivity index (χ2n) is 5.70. The van der Waals surface area contributed by atoms with Gasteiger partial charge >= 0.3 is 0 Å². The molecule has 1 aliphatic carbocycles. The largest absolute Gasteiger partial charge is 0.384 e. The Labute approximate surface area is 134 Å². The van der Waals surface area contributed by atoms with Crippen LogP contribution in [0.25, 0.3) is 11.1 Å². The van der Waals surface area contributed by atoms with Gasteiger partial charge in [-0.3, -0.25) is 0 Å². The summed E-state index contributed by atoms with van der Waals surface area (Å²) in [4.78, 5) is 0. The summed E-state index contributed by atoms with van der Waals surface area (Å²) in [6, 6.07) is 22.1. The maximum Gasteiger partial charge on any atom is 0.104 e. The van der Waals surface area contributed by atoms with Crippen molar-refractivity contribution in [3.8, 4) is 11.1 Å². The van der Waals surface area contributed by atoms with E-state index in [9.17, 15) is 5.11 Å². The minimum atomic E-state index is -0.619. The fourth-order valence-corrected chi connectivity index (χ4v) is 3.30. The Balaban J connectivity index is 1.71. The normalized spacial score (nSPS) is 13.5. The number of fused-ring (bicyclic) bond motifs is 3. The van der Waals surface area contributed by atoms with Crippen LogP contribution in [-0.2, 0) is 6.42 Å². The third-order valence-electron chi connectivity index (χ3n) is 4.32. The van der Waals surface area contributed by atoms with Crippen molar-refractivity contribution in [3.63, 3.8) is 0 Å².